The summed E-state index contributed by atoms with van der Waals surface area (Å²) in [5, 5.41) is 4.75. The van der Waals surface area contributed by atoms with Gasteiger partial charge < -0.3 is 0 Å². The molecule has 158 valence electrons. The molecule has 2 aromatic heterocycles. The molecule has 0 radical (unpaired) electrons. The number of halogens is 2. The summed E-state index contributed by atoms with van der Waals surface area (Å²) in [6.07, 6.45) is 9.32. The van der Waals surface area contributed by atoms with Crippen LogP contribution in [-0.4, -0.2) is 24.6 Å². The van der Waals surface area contributed by atoms with Gasteiger partial charge >= 0.3 is 0 Å². The summed E-state index contributed by atoms with van der Waals surface area (Å²) in [5.41, 5.74) is 1.33. The average molecular weight is 427 g/mol. The third-order valence-electron chi connectivity index (χ3n) is 5.91. The molecule has 1 aliphatic carbocycles. The van der Waals surface area contributed by atoms with Gasteiger partial charge in [-0.25, -0.2) is 14.1 Å². The highest BCUT2D eigenvalue weighted by Gasteiger charge is 2.31. The molecule has 0 N–H and O–H groups in total. The van der Waals surface area contributed by atoms with Crippen LogP contribution in [0.1, 0.15) is 69.2 Å². The Morgan fingerprint density at radius 3 is 2.70 bits per heavy atom. The second kappa shape index (κ2) is 9.25. The van der Waals surface area contributed by atoms with Crippen LogP contribution in [-0.2, 0) is 6.54 Å². The molecular formula is C24H28ClFN4. The molecule has 1 aromatic carbocycles. The van der Waals surface area contributed by atoms with E-state index in [-0.39, 0.29) is 16.6 Å². The van der Waals surface area contributed by atoms with Crippen molar-refractivity contribution in [1.29, 1.82) is 0 Å². The van der Waals surface area contributed by atoms with Crippen LogP contribution in [0.4, 0.5) is 4.39 Å². The molecule has 2 heterocycles. The van der Waals surface area contributed by atoms with E-state index in [1.165, 1.54) is 18.9 Å². The van der Waals surface area contributed by atoms with E-state index >= 15 is 0 Å². The normalized spacial score (nSPS) is 22.8. The van der Waals surface area contributed by atoms with Gasteiger partial charge in [-0.05, 0) is 44.4 Å². The second-order valence-electron chi connectivity index (χ2n) is 8.52. The van der Waals surface area contributed by atoms with Crippen molar-refractivity contribution in [3.63, 3.8) is 0 Å². The van der Waals surface area contributed by atoms with Gasteiger partial charge in [0.05, 0.1) is 6.54 Å². The first kappa shape index (κ1) is 21.0. The van der Waals surface area contributed by atoms with Crippen molar-refractivity contribution in [1.82, 2.24) is 19.7 Å². The molecule has 1 aliphatic rings. The zero-order valence-electron chi connectivity index (χ0n) is 17.4. The van der Waals surface area contributed by atoms with Crippen LogP contribution in [0.5, 0.6) is 0 Å². The summed E-state index contributed by atoms with van der Waals surface area (Å²) < 4.78 is 16.2. The molecule has 4 nitrogen and oxygen atoms in total. The van der Waals surface area contributed by atoms with E-state index in [1.54, 1.807) is 18.3 Å². The number of nitrogens with zero attached hydrogens (tertiary/aromatic N) is 4. The van der Waals surface area contributed by atoms with Crippen molar-refractivity contribution in [2.24, 2.45) is 0 Å². The van der Waals surface area contributed by atoms with Crippen LogP contribution in [0.25, 0.3) is 11.5 Å². The maximum absolute atomic E-state index is 14.4. The van der Waals surface area contributed by atoms with Gasteiger partial charge in [0.2, 0.25) is 0 Å². The Labute approximate surface area is 182 Å². The lowest BCUT2D eigenvalue weighted by Crippen LogP contribution is -2.22. The summed E-state index contributed by atoms with van der Waals surface area (Å²) in [6.45, 7) is 2.47. The van der Waals surface area contributed by atoms with Gasteiger partial charge in [0.1, 0.15) is 17.3 Å². The minimum Gasteiger partial charge on any atom is -0.253 e. The second-order valence-corrected chi connectivity index (χ2v) is 9.44. The number of hydrogen-bond acceptors (Lipinski definition) is 3. The van der Waals surface area contributed by atoms with Crippen molar-refractivity contribution in [3.8, 4) is 11.5 Å². The number of rotatable bonds is 4. The van der Waals surface area contributed by atoms with Crippen LogP contribution in [0.2, 0.25) is 0 Å². The zero-order chi connectivity index (χ0) is 21.0. The van der Waals surface area contributed by atoms with Crippen LogP contribution in [0.15, 0.2) is 48.7 Å². The van der Waals surface area contributed by atoms with Crippen molar-refractivity contribution in [2.75, 3.05) is 0 Å². The predicted molar refractivity (Wildman–Crippen MR) is 118 cm³/mol. The molecule has 6 heteroatoms. The number of benzene rings is 1. The summed E-state index contributed by atoms with van der Waals surface area (Å²) >= 11 is 6.90. The molecular weight excluding hydrogens is 399 g/mol. The number of aromatic nitrogens is 4. The summed E-state index contributed by atoms with van der Waals surface area (Å²) in [6, 6.07) is 12.5. The third-order valence-corrected chi connectivity index (χ3v) is 6.25. The molecule has 0 spiro atoms. The van der Waals surface area contributed by atoms with Gasteiger partial charge in [0.15, 0.2) is 5.82 Å². The van der Waals surface area contributed by atoms with Crippen LogP contribution in [0.3, 0.4) is 0 Å². The Hall–Kier alpha value is -2.27. The van der Waals surface area contributed by atoms with Gasteiger partial charge in [0.25, 0.3) is 0 Å². The van der Waals surface area contributed by atoms with E-state index in [2.05, 4.69) is 11.9 Å². The van der Waals surface area contributed by atoms with E-state index < -0.39 is 0 Å². The lowest BCUT2D eigenvalue weighted by Gasteiger charge is -2.26. The maximum atomic E-state index is 14.4. The van der Waals surface area contributed by atoms with Gasteiger partial charge in [0, 0.05) is 22.6 Å². The van der Waals surface area contributed by atoms with E-state index in [0.717, 1.165) is 43.6 Å². The molecule has 0 amide bonds. The molecule has 4 rings (SSSR count). The minimum absolute atomic E-state index is 0.183. The lowest BCUT2D eigenvalue weighted by molar-refractivity contribution is 0.428. The number of alkyl halides is 1. The Kier molecular flexibility index (Phi) is 6.47. The Morgan fingerprint density at radius 1 is 1.10 bits per heavy atom. The van der Waals surface area contributed by atoms with Crippen LogP contribution in [0, 0.1) is 5.82 Å². The molecule has 0 aliphatic heterocycles. The standard InChI is InChI=1S/C24H28ClFN4/c1-24(25)14-8-3-2-4-10-18(16-24)23-28-22(21-13-7-9-15-27-21)29-30(23)17-19-11-5-6-12-20(19)26/h5-7,9,11-13,15,18H,2-4,8,10,14,16-17H2,1H3. The molecule has 1 saturated carbocycles. The van der Waals surface area contributed by atoms with Crippen LogP contribution < -0.4 is 0 Å². The van der Waals surface area contributed by atoms with Crippen LogP contribution >= 0.6 is 11.6 Å². The van der Waals surface area contributed by atoms with Gasteiger partial charge in [-0.2, -0.15) is 0 Å². The first-order chi connectivity index (χ1) is 14.5. The number of hydrogen-bond donors (Lipinski definition) is 0. The molecule has 2 unspecified atom stereocenters. The molecule has 1 fully saturated rings. The predicted octanol–water partition coefficient (Wildman–Crippen LogP) is 6.35. The highest BCUT2D eigenvalue weighted by atomic mass is 35.5. The fourth-order valence-electron chi connectivity index (χ4n) is 4.34. The van der Waals surface area contributed by atoms with E-state index in [1.807, 2.05) is 28.9 Å². The zero-order valence-corrected chi connectivity index (χ0v) is 18.2. The van der Waals surface area contributed by atoms with Crippen molar-refractivity contribution in [3.05, 3.63) is 65.9 Å². The van der Waals surface area contributed by atoms with E-state index in [0.29, 0.717) is 17.9 Å². The monoisotopic (exact) mass is 426 g/mol. The van der Waals surface area contributed by atoms with Gasteiger partial charge in [-0.3, -0.25) is 4.98 Å². The lowest BCUT2D eigenvalue weighted by atomic mass is 9.89. The Balaban J connectivity index is 1.74. The van der Waals surface area contributed by atoms with Crippen molar-refractivity contribution in [2.45, 2.75) is 69.2 Å². The quantitative estimate of drug-likeness (QED) is 0.456. The first-order valence-corrected chi connectivity index (χ1v) is 11.2. The minimum atomic E-state index is -0.269. The highest BCUT2D eigenvalue weighted by Crippen LogP contribution is 2.39. The Bertz CT molecular complexity index is 970. The molecule has 0 saturated heterocycles. The summed E-state index contributed by atoms with van der Waals surface area (Å²) in [7, 11) is 0. The molecule has 3 aromatic rings. The molecule has 0 bridgehead atoms. The van der Waals surface area contributed by atoms with Gasteiger partial charge in [-0.15, -0.1) is 16.7 Å². The maximum Gasteiger partial charge on any atom is 0.200 e. The third kappa shape index (κ3) is 5.07. The number of pyridine rings is 1. The summed E-state index contributed by atoms with van der Waals surface area (Å²) in [5.74, 6) is 1.42. The topological polar surface area (TPSA) is 43.6 Å². The van der Waals surface area contributed by atoms with Gasteiger partial charge in [-0.1, -0.05) is 49.9 Å². The van der Waals surface area contributed by atoms with Crippen molar-refractivity contribution >= 4 is 11.6 Å². The van der Waals surface area contributed by atoms with Crippen molar-refractivity contribution < 1.29 is 4.39 Å². The smallest absolute Gasteiger partial charge is 0.200 e. The molecule has 2 atom stereocenters. The van der Waals surface area contributed by atoms with E-state index in [4.69, 9.17) is 21.7 Å². The summed E-state index contributed by atoms with van der Waals surface area (Å²) in [4.78, 5) is 9.05. The fraction of sp³-hybridized carbons (Fsp3) is 0.458. The Morgan fingerprint density at radius 2 is 1.90 bits per heavy atom. The average Bonchev–Trinajstić information content (AvgIpc) is 3.18. The van der Waals surface area contributed by atoms with E-state index in [9.17, 15) is 4.39 Å². The highest BCUT2D eigenvalue weighted by molar-refractivity contribution is 6.23. The fourth-order valence-corrected chi connectivity index (χ4v) is 4.66. The molecule has 30 heavy (non-hydrogen) atoms. The SMILES string of the molecule is CC1(Cl)CCCCCCC(c2nc(-c3ccccn3)nn2Cc2ccccc2F)C1. The largest absolute Gasteiger partial charge is 0.253 e. The first-order valence-electron chi connectivity index (χ1n) is 10.8.